The van der Waals surface area contributed by atoms with E-state index in [0.717, 1.165) is 51.9 Å². The predicted molar refractivity (Wildman–Crippen MR) is 96.2 cm³/mol. The summed E-state index contributed by atoms with van der Waals surface area (Å²) in [4.78, 5) is 30.1. The molecule has 4 aliphatic rings. The maximum absolute atomic E-state index is 12.9. The lowest BCUT2D eigenvalue weighted by Crippen LogP contribution is -2.73. The van der Waals surface area contributed by atoms with Gasteiger partial charge in [-0.2, -0.15) is 0 Å². The van der Waals surface area contributed by atoms with E-state index in [0.29, 0.717) is 6.42 Å². The van der Waals surface area contributed by atoms with Crippen LogP contribution in [0.2, 0.25) is 0 Å². The second-order valence-corrected chi connectivity index (χ2v) is 8.98. The van der Waals surface area contributed by atoms with Crippen molar-refractivity contribution in [1.29, 1.82) is 0 Å². The second kappa shape index (κ2) is 6.59. The zero-order chi connectivity index (χ0) is 19.4. The van der Waals surface area contributed by atoms with E-state index in [1.165, 1.54) is 0 Å². The van der Waals surface area contributed by atoms with Crippen molar-refractivity contribution in [2.75, 3.05) is 26.2 Å². The Balaban J connectivity index is 1.89. The molecule has 6 heteroatoms. The standard InChI is InChI=1S/C21H32N2O4/c1-14(22-9-3-4-10-22)20(18(24)25)16-7-8-17(13-16)21(20,19(26)27)15(2)23-11-5-6-12-23/h7-8,14-17H,3-6,9-13H2,1-2H3,(H,24,25)(H,26,27)/p-2. The molecular weight excluding hydrogens is 344 g/mol. The number of carbonyl (C=O) groups excluding carboxylic acids is 2. The lowest BCUT2D eigenvalue weighted by Gasteiger charge is -2.61. The number of aliphatic carboxylic acids is 2. The van der Waals surface area contributed by atoms with Crippen molar-refractivity contribution in [1.82, 2.24) is 9.80 Å². The molecule has 1 saturated carbocycles. The first-order valence-electron chi connectivity index (χ1n) is 10.5. The van der Waals surface area contributed by atoms with Crippen LogP contribution in [0.1, 0.15) is 46.0 Å². The van der Waals surface area contributed by atoms with Crippen molar-refractivity contribution in [3.63, 3.8) is 0 Å². The van der Waals surface area contributed by atoms with Crippen molar-refractivity contribution in [3.05, 3.63) is 12.2 Å². The first-order valence-corrected chi connectivity index (χ1v) is 10.5. The van der Waals surface area contributed by atoms with Gasteiger partial charge in [-0.25, -0.2) is 0 Å². The molecule has 6 atom stereocenters. The summed E-state index contributed by atoms with van der Waals surface area (Å²) in [5.41, 5.74) is -2.92. The van der Waals surface area contributed by atoms with Gasteiger partial charge in [0.2, 0.25) is 0 Å². The van der Waals surface area contributed by atoms with Gasteiger partial charge in [0.15, 0.2) is 0 Å². The molecular formula is C21H30N2O4-2. The number of likely N-dealkylation sites (tertiary alicyclic amines) is 2. The third-order valence-corrected chi connectivity index (χ3v) is 8.31. The Labute approximate surface area is 161 Å². The van der Waals surface area contributed by atoms with Crippen LogP contribution in [0.5, 0.6) is 0 Å². The van der Waals surface area contributed by atoms with Crippen molar-refractivity contribution in [3.8, 4) is 0 Å². The minimum atomic E-state index is -1.46. The normalized spacial score (nSPS) is 41.3. The largest absolute Gasteiger partial charge is 0.549 e. The van der Waals surface area contributed by atoms with E-state index >= 15 is 0 Å². The van der Waals surface area contributed by atoms with Crippen LogP contribution in [0.4, 0.5) is 0 Å². The smallest absolute Gasteiger partial charge is 0.0507 e. The summed E-state index contributed by atoms with van der Waals surface area (Å²) in [7, 11) is 0. The van der Waals surface area contributed by atoms with E-state index in [-0.39, 0.29) is 11.8 Å². The fraction of sp³-hybridized carbons (Fsp3) is 0.810. The molecule has 0 aromatic carbocycles. The third kappa shape index (κ3) is 2.26. The molecule has 0 radical (unpaired) electrons. The number of allylic oxidation sites excluding steroid dienone is 2. The summed E-state index contributed by atoms with van der Waals surface area (Å²) < 4.78 is 0. The maximum atomic E-state index is 12.9. The monoisotopic (exact) mass is 374 g/mol. The van der Waals surface area contributed by atoms with Gasteiger partial charge in [0.1, 0.15) is 0 Å². The highest BCUT2D eigenvalue weighted by atomic mass is 16.4. The third-order valence-electron chi connectivity index (χ3n) is 8.31. The van der Waals surface area contributed by atoms with Crippen LogP contribution >= 0.6 is 0 Å². The molecule has 2 heterocycles. The van der Waals surface area contributed by atoms with Gasteiger partial charge in [-0.05, 0) is 84.0 Å². The topological polar surface area (TPSA) is 86.7 Å². The fourth-order valence-corrected chi connectivity index (χ4v) is 7.11. The molecule has 6 nitrogen and oxygen atoms in total. The quantitative estimate of drug-likeness (QED) is 0.590. The second-order valence-electron chi connectivity index (χ2n) is 8.98. The SMILES string of the molecule is CC(N1CCCC1)C1(C(=O)[O-])C2C=CC(C2)C1(C(=O)[O-])C(C)N1CCCC1. The first-order chi connectivity index (χ1) is 12.9. The first kappa shape index (κ1) is 18.9. The van der Waals surface area contributed by atoms with Crippen LogP contribution in [-0.2, 0) is 9.59 Å². The molecule has 0 amide bonds. The number of hydrogen-bond acceptors (Lipinski definition) is 6. The highest BCUT2D eigenvalue weighted by molar-refractivity contribution is 5.89. The van der Waals surface area contributed by atoms with E-state index in [1.54, 1.807) is 0 Å². The van der Waals surface area contributed by atoms with Crippen LogP contribution in [0.15, 0.2) is 12.2 Å². The number of carboxylic acid groups (broad SMARTS) is 2. The van der Waals surface area contributed by atoms with E-state index < -0.39 is 34.9 Å². The van der Waals surface area contributed by atoms with Crippen LogP contribution in [-0.4, -0.2) is 60.0 Å². The van der Waals surface area contributed by atoms with Crippen LogP contribution in [0.3, 0.4) is 0 Å². The molecule has 3 fully saturated rings. The fourth-order valence-electron chi connectivity index (χ4n) is 7.11. The van der Waals surface area contributed by atoms with Gasteiger partial charge in [-0.1, -0.05) is 12.2 Å². The highest BCUT2D eigenvalue weighted by Gasteiger charge is 2.72. The number of rotatable bonds is 6. The zero-order valence-corrected chi connectivity index (χ0v) is 16.4. The molecule has 2 aliphatic heterocycles. The van der Waals surface area contributed by atoms with Gasteiger partial charge >= 0.3 is 0 Å². The zero-order valence-electron chi connectivity index (χ0n) is 16.4. The average molecular weight is 374 g/mol. The van der Waals surface area contributed by atoms with E-state index in [4.69, 9.17) is 0 Å². The summed E-state index contributed by atoms with van der Waals surface area (Å²) >= 11 is 0. The molecule has 0 aromatic heterocycles. The summed E-state index contributed by atoms with van der Waals surface area (Å²) in [5.74, 6) is -3.06. The highest BCUT2D eigenvalue weighted by Crippen LogP contribution is 2.67. The predicted octanol–water partition coefficient (Wildman–Crippen LogP) is -0.366. The minimum Gasteiger partial charge on any atom is -0.549 e. The summed E-state index contributed by atoms with van der Waals surface area (Å²) in [6.45, 7) is 7.09. The summed E-state index contributed by atoms with van der Waals surface area (Å²) in [6, 6.07) is -0.791. The van der Waals surface area contributed by atoms with Gasteiger partial charge in [0.25, 0.3) is 0 Å². The van der Waals surface area contributed by atoms with Gasteiger partial charge in [0, 0.05) is 22.9 Å². The van der Waals surface area contributed by atoms with Gasteiger partial charge in [-0.15, -0.1) is 0 Å². The Hall–Kier alpha value is -1.40. The van der Waals surface area contributed by atoms with Crippen LogP contribution in [0, 0.1) is 22.7 Å². The minimum absolute atomic E-state index is 0.314. The van der Waals surface area contributed by atoms with Crippen LogP contribution < -0.4 is 10.2 Å². The van der Waals surface area contributed by atoms with E-state index in [9.17, 15) is 19.8 Å². The molecule has 2 bridgehead atoms. The molecule has 2 saturated heterocycles. The molecule has 2 aliphatic carbocycles. The van der Waals surface area contributed by atoms with Crippen molar-refractivity contribution >= 4 is 11.9 Å². The number of hydrogen-bond donors (Lipinski definition) is 0. The van der Waals surface area contributed by atoms with Crippen molar-refractivity contribution < 1.29 is 19.8 Å². The molecule has 150 valence electrons. The Kier molecular flexibility index (Phi) is 4.62. The lowest BCUT2D eigenvalue weighted by molar-refractivity contribution is -0.353. The Morgan fingerprint density at radius 2 is 1.15 bits per heavy atom. The summed E-state index contributed by atoms with van der Waals surface area (Å²) in [6.07, 6.45) is 8.54. The van der Waals surface area contributed by atoms with Gasteiger partial charge in [0.05, 0.1) is 11.9 Å². The molecule has 0 aromatic rings. The number of carbonyl (C=O) groups is 2. The molecule has 6 unspecified atom stereocenters. The molecule has 4 rings (SSSR count). The number of fused-ring (bicyclic) bond motifs is 2. The average Bonchev–Trinajstić information content (AvgIpc) is 3.43. The van der Waals surface area contributed by atoms with Gasteiger partial charge < -0.3 is 19.8 Å². The molecule has 0 spiro atoms. The van der Waals surface area contributed by atoms with Crippen LogP contribution in [0.25, 0.3) is 0 Å². The molecule has 0 N–H and O–H groups in total. The number of nitrogens with zero attached hydrogens (tertiary/aromatic N) is 2. The van der Waals surface area contributed by atoms with Gasteiger partial charge in [-0.3, -0.25) is 9.80 Å². The maximum Gasteiger partial charge on any atom is 0.0507 e. The lowest BCUT2D eigenvalue weighted by atomic mass is 9.51. The molecule has 27 heavy (non-hydrogen) atoms. The van der Waals surface area contributed by atoms with E-state index in [2.05, 4.69) is 9.80 Å². The van der Waals surface area contributed by atoms with Crippen molar-refractivity contribution in [2.45, 2.75) is 58.0 Å². The summed E-state index contributed by atoms with van der Waals surface area (Å²) in [5, 5.41) is 25.7. The van der Waals surface area contributed by atoms with Crippen molar-refractivity contribution in [2.24, 2.45) is 22.7 Å². The Bertz CT molecular complexity index is 599. The number of carboxylic acids is 2. The Morgan fingerprint density at radius 3 is 1.44 bits per heavy atom. The van der Waals surface area contributed by atoms with E-state index in [1.807, 2.05) is 26.0 Å². The Morgan fingerprint density at radius 1 is 0.815 bits per heavy atom.